The standard InChI is InChI=1S/C17H15Cl2NOS/c18-10-5-4-9(8-11(10)19)15-16-12(2-1-3-14(16)21)20-13-6-7-22-17(13)15/h4-5,8,15,17H,1-3,6-7H2. The van der Waals surface area contributed by atoms with E-state index in [0.717, 1.165) is 41.8 Å². The average Bonchev–Trinajstić information content (AvgIpc) is 2.96. The number of carbonyl (C=O) groups is 1. The molecular formula is C17H15Cl2NOS. The van der Waals surface area contributed by atoms with Crippen molar-refractivity contribution in [3.8, 4) is 0 Å². The normalized spacial score (nSPS) is 27.5. The molecule has 2 heterocycles. The van der Waals surface area contributed by atoms with Gasteiger partial charge in [-0.15, -0.1) is 0 Å². The molecule has 0 spiro atoms. The molecule has 2 aliphatic heterocycles. The van der Waals surface area contributed by atoms with E-state index in [1.54, 1.807) is 0 Å². The quantitative estimate of drug-likeness (QED) is 0.708. The summed E-state index contributed by atoms with van der Waals surface area (Å²) < 4.78 is 0. The molecule has 1 aromatic rings. The summed E-state index contributed by atoms with van der Waals surface area (Å²) in [7, 11) is 0. The van der Waals surface area contributed by atoms with Crippen LogP contribution in [0.3, 0.4) is 0 Å². The van der Waals surface area contributed by atoms with Crippen molar-refractivity contribution in [2.75, 3.05) is 5.75 Å². The number of ketones is 1. The third-order valence-electron chi connectivity index (χ3n) is 4.61. The Hall–Kier alpha value is -0.770. The van der Waals surface area contributed by atoms with Crippen molar-refractivity contribution in [3.63, 3.8) is 0 Å². The second-order valence-electron chi connectivity index (χ2n) is 5.93. The first kappa shape index (κ1) is 14.8. The second kappa shape index (κ2) is 5.70. The number of fused-ring (bicyclic) bond motifs is 1. The first-order valence-electron chi connectivity index (χ1n) is 7.55. The van der Waals surface area contributed by atoms with Crippen molar-refractivity contribution in [2.45, 2.75) is 36.9 Å². The highest BCUT2D eigenvalue weighted by atomic mass is 35.5. The van der Waals surface area contributed by atoms with Crippen LogP contribution in [0, 0.1) is 0 Å². The van der Waals surface area contributed by atoms with Gasteiger partial charge in [-0.3, -0.25) is 9.79 Å². The lowest BCUT2D eigenvalue weighted by atomic mass is 9.77. The van der Waals surface area contributed by atoms with Crippen LogP contribution < -0.4 is 0 Å². The Morgan fingerprint density at radius 3 is 2.82 bits per heavy atom. The molecule has 0 amide bonds. The van der Waals surface area contributed by atoms with Crippen LogP contribution in [0.25, 0.3) is 0 Å². The Kier molecular flexibility index (Phi) is 3.83. The second-order valence-corrected chi connectivity index (χ2v) is 8.00. The minimum atomic E-state index is 0.0811. The van der Waals surface area contributed by atoms with Crippen molar-refractivity contribution in [3.05, 3.63) is 45.1 Å². The summed E-state index contributed by atoms with van der Waals surface area (Å²) in [6, 6.07) is 5.76. The molecular weight excluding hydrogens is 337 g/mol. The van der Waals surface area contributed by atoms with Gasteiger partial charge in [0.1, 0.15) is 0 Å². The van der Waals surface area contributed by atoms with Gasteiger partial charge in [-0.2, -0.15) is 11.8 Å². The molecule has 0 N–H and O–H groups in total. The van der Waals surface area contributed by atoms with E-state index in [1.807, 2.05) is 30.0 Å². The largest absolute Gasteiger partial charge is 0.294 e. The topological polar surface area (TPSA) is 29.4 Å². The van der Waals surface area contributed by atoms with E-state index in [4.69, 9.17) is 28.2 Å². The zero-order valence-electron chi connectivity index (χ0n) is 11.9. The highest BCUT2D eigenvalue weighted by Crippen LogP contribution is 2.48. The van der Waals surface area contributed by atoms with E-state index in [1.165, 1.54) is 5.71 Å². The van der Waals surface area contributed by atoms with E-state index in [2.05, 4.69) is 0 Å². The molecule has 1 aliphatic carbocycles. The van der Waals surface area contributed by atoms with Crippen LogP contribution in [0.15, 0.2) is 34.5 Å². The monoisotopic (exact) mass is 351 g/mol. The summed E-state index contributed by atoms with van der Waals surface area (Å²) in [4.78, 5) is 17.4. The number of aliphatic imine (C=N–C) groups is 1. The molecule has 114 valence electrons. The van der Waals surface area contributed by atoms with E-state index < -0.39 is 0 Å². The number of benzene rings is 1. The lowest BCUT2D eigenvalue weighted by molar-refractivity contribution is -0.116. The molecule has 5 heteroatoms. The van der Waals surface area contributed by atoms with Gasteiger partial charge in [0, 0.05) is 29.3 Å². The number of thioether (sulfide) groups is 1. The predicted octanol–water partition coefficient (Wildman–Crippen LogP) is 5.04. The van der Waals surface area contributed by atoms with Gasteiger partial charge in [-0.05, 0) is 42.7 Å². The predicted molar refractivity (Wildman–Crippen MR) is 93.4 cm³/mol. The number of hydrogen-bond donors (Lipinski definition) is 0. The lowest BCUT2D eigenvalue weighted by Crippen LogP contribution is -2.32. The Labute approximate surface area is 144 Å². The number of hydrogen-bond acceptors (Lipinski definition) is 3. The third-order valence-corrected chi connectivity index (χ3v) is 6.69. The molecule has 1 saturated heterocycles. The van der Waals surface area contributed by atoms with Gasteiger partial charge in [-0.1, -0.05) is 29.3 Å². The van der Waals surface area contributed by atoms with Crippen LogP contribution in [0.4, 0.5) is 0 Å². The van der Waals surface area contributed by atoms with Crippen molar-refractivity contribution < 1.29 is 4.79 Å². The van der Waals surface area contributed by atoms with Gasteiger partial charge >= 0.3 is 0 Å². The highest BCUT2D eigenvalue weighted by Gasteiger charge is 2.42. The van der Waals surface area contributed by atoms with Crippen molar-refractivity contribution >= 4 is 46.5 Å². The lowest BCUT2D eigenvalue weighted by Gasteiger charge is -2.33. The Morgan fingerprint density at radius 2 is 2.00 bits per heavy atom. The fraction of sp³-hybridized carbons (Fsp3) is 0.412. The van der Waals surface area contributed by atoms with Crippen molar-refractivity contribution in [1.82, 2.24) is 0 Å². The molecule has 22 heavy (non-hydrogen) atoms. The van der Waals surface area contributed by atoms with Crippen LogP contribution in [-0.4, -0.2) is 22.5 Å². The molecule has 0 saturated carbocycles. The van der Waals surface area contributed by atoms with E-state index >= 15 is 0 Å². The van der Waals surface area contributed by atoms with Crippen LogP contribution >= 0.6 is 35.0 Å². The molecule has 0 radical (unpaired) electrons. The fourth-order valence-electron chi connectivity index (χ4n) is 3.62. The summed E-state index contributed by atoms with van der Waals surface area (Å²) in [6.07, 6.45) is 3.50. The zero-order valence-corrected chi connectivity index (χ0v) is 14.3. The van der Waals surface area contributed by atoms with Gasteiger partial charge in [0.15, 0.2) is 5.78 Å². The third kappa shape index (κ3) is 2.34. The molecule has 1 fully saturated rings. The van der Waals surface area contributed by atoms with E-state index in [0.29, 0.717) is 16.5 Å². The van der Waals surface area contributed by atoms with Crippen molar-refractivity contribution in [1.29, 1.82) is 0 Å². The SMILES string of the molecule is O=C1CCCC2=C1C(c1ccc(Cl)c(Cl)c1)C1SCCC1=N2. The molecule has 1 aromatic carbocycles. The Bertz CT molecular complexity index is 725. The van der Waals surface area contributed by atoms with Gasteiger partial charge < -0.3 is 0 Å². The molecule has 2 atom stereocenters. The number of allylic oxidation sites excluding steroid dienone is 2. The number of halogens is 2. The number of Topliss-reactive ketones (excluding diaryl/α,β-unsaturated/α-hetero) is 1. The molecule has 0 aromatic heterocycles. The number of carbonyl (C=O) groups excluding carboxylic acids is 1. The summed E-state index contributed by atoms with van der Waals surface area (Å²) in [5, 5.41) is 1.38. The van der Waals surface area contributed by atoms with Gasteiger partial charge in [0.25, 0.3) is 0 Å². The van der Waals surface area contributed by atoms with Gasteiger partial charge in [0.2, 0.25) is 0 Å². The Morgan fingerprint density at radius 1 is 1.14 bits per heavy atom. The summed E-state index contributed by atoms with van der Waals surface area (Å²) in [6.45, 7) is 0. The first-order chi connectivity index (χ1) is 10.6. The highest BCUT2D eigenvalue weighted by molar-refractivity contribution is 8.01. The minimum Gasteiger partial charge on any atom is -0.294 e. The van der Waals surface area contributed by atoms with Crippen LogP contribution in [0.5, 0.6) is 0 Å². The summed E-state index contributed by atoms with van der Waals surface area (Å²) in [5.41, 5.74) is 4.27. The molecule has 2 unspecified atom stereocenters. The maximum Gasteiger partial charge on any atom is 0.161 e. The molecule has 2 nitrogen and oxygen atoms in total. The maximum atomic E-state index is 12.6. The molecule has 3 aliphatic rings. The van der Waals surface area contributed by atoms with Gasteiger partial charge in [-0.25, -0.2) is 0 Å². The summed E-state index contributed by atoms with van der Waals surface area (Å²) >= 11 is 14.2. The first-order valence-corrected chi connectivity index (χ1v) is 9.36. The van der Waals surface area contributed by atoms with Crippen molar-refractivity contribution in [2.24, 2.45) is 4.99 Å². The van der Waals surface area contributed by atoms with Crippen LogP contribution in [0.1, 0.15) is 37.2 Å². The van der Waals surface area contributed by atoms with Gasteiger partial charge in [0.05, 0.1) is 15.3 Å². The minimum absolute atomic E-state index is 0.0811. The molecule has 4 rings (SSSR count). The Balaban J connectivity index is 1.87. The number of nitrogens with zero attached hydrogens (tertiary/aromatic N) is 1. The van der Waals surface area contributed by atoms with Crippen LogP contribution in [0.2, 0.25) is 10.0 Å². The average molecular weight is 352 g/mol. The van der Waals surface area contributed by atoms with Crippen LogP contribution in [-0.2, 0) is 4.79 Å². The van der Waals surface area contributed by atoms with E-state index in [-0.39, 0.29) is 17.0 Å². The maximum absolute atomic E-state index is 12.6. The smallest absolute Gasteiger partial charge is 0.161 e. The van der Waals surface area contributed by atoms with E-state index in [9.17, 15) is 4.79 Å². The number of rotatable bonds is 1. The fourth-order valence-corrected chi connectivity index (χ4v) is 5.36. The molecule has 0 bridgehead atoms. The zero-order chi connectivity index (χ0) is 15.3. The summed E-state index contributed by atoms with van der Waals surface area (Å²) in [5.74, 6) is 1.42.